The van der Waals surface area contributed by atoms with E-state index in [9.17, 15) is 0 Å². The summed E-state index contributed by atoms with van der Waals surface area (Å²) >= 11 is 1.91. The number of rotatable bonds is 14. The highest BCUT2D eigenvalue weighted by Gasteiger charge is 2.49. The predicted molar refractivity (Wildman–Crippen MR) is 479 cm³/mol. The van der Waals surface area contributed by atoms with Gasteiger partial charge in [-0.2, -0.15) is 0 Å². The summed E-state index contributed by atoms with van der Waals surface area (Å²) in [6.45, 7) is 0. The summed E-state index contributed by atoms with van der Waals surface area (Å²) in [6.07, 6.45) is 0. The maximum Gasteiger partial charge on any atom is 0.140 e. The van der Waals surface area contributed by atoms with Gasteiger partial charge in [-0.3, -0.25) is 0 Å². The van der Waals surface area contributed by atoms with Crippen LogP contribution >= 0.6 is 11.3 Å². The van der Waals surface area contributed by atoms with Crippen LogP contribution in [0.1, 0.15) is 44.5 Å². The van der Waals surface area contributed by atoms with E-state index in [0.717, 1.165) is 72.8 Å². The van der Waals surface area contributed by atoms with Gasteiger partial charge in [0.25, 0.3) is 0 Å². The summed E-state index contributed by atoms with van der Waals surface area (Å²) in [4.78, 5) is 4.79. The Bertz CT molecular complexity index is 6330. The van der Waals surface area contributed by atoms with E-state index in [0.29, 0.717) is 0 Å². The Morgan fingerprint density at radius 1 is 0.202 bits per heavy atom. The van der Waals surface area contributed by atoms with Crippen molar-refractivity contribution < 1.29 is 4.42 Å². The van der Waals surface area contributed by atoms with Gasteiger partial charge in [0.05, 0.1) is 10.8 Å². The summed E-state index contributed by atoms with van der Waals surface area (Å²) in [7, 11) is 0. The number of thiophene rings is 1. The molecular formula is C110H74N2OS. The molecule has 18 aromatic carbocycles. The molecule has 0 N–H and O–H groups in total. The molecular weight excluding hydrogens is 1400 g/mol. The molecule has 20 aromatic rings. The Morgan fingerprint density at radius 3 is 0.939 bits per heavy atom. The van der Waals surface area contributed by atoms with Crippen molar-refractivity contribution in [1.82, 2.24) is 0 Å². The van der Waals surface area contributed by atoms with Gasteiger partial charge in [-0.15, -0.1) is 11.3 Å². The van der Waals surface area contributed by atoms with Crippen molar-refractivity contribution in [3.63, 3.8) is 0 Å². The molecule has 0 saturated carbocycles. The first-order chi connectivity index (χ1) is 56.5. The minimum Gasteiger partial charge on any atom is -0.456 e. The molecule has 4 heteroatoms. The van der Waals surface area contributed by atoms with Crippen molar-refractivity contribution in [1.29, 1.82) is 0 Å². The molecule has 0 amide bonds. The zero-order valence-corrected chi connectivity index (χ0v) is 63.3. The number of benzene rings is 18. The van der Waals surface area contributed by atoms with Crippen LogP contribution < -0.4 is 9.80 Å². The minimum absolute atomic E-state index is 0.459. The molecule has 0 bridgehead atoms. The van der Waals surface area contributed by atoms with E-state index in [2.05, 4.69) is 459 Å². The van der Waals surface area contributed by atoms with E-state index in [1.807, 2.05) is 11.3 Å². The fourth-order valence-corrected chi connectivity index (χ4v) is 19.8. The number of fused-ring (bicyclic) bond motifs is 12. The number of hydrogen-bond donors (Lipinski definition) is 0. The number of furan rings is 1. The van der Waals surface area contributed by atoms with E-state index in [4.69, 9.17) is 4.42 Å². The second kappa shape index (κ2) is 28.5. The van der Waals surface area contributed by atoms with Crippen LogP contribution in [0, 0.1) is 0 Å². The molecule has 536 valence electrons. The highest BCUT2D eigenvalue weighted by atomic mass is 32.1. The van der Waals surface area contributed by atoms with Crippen LogP contribution in [0.15, 0.2) is 453 Å². The van der Waals surface area contributed by atoms with Gasteiger partial charge in [-0.1, -0.05) is 352 Å². The summed E-state index contributed by atoms with van der Waals surface area (Å²) in [5.74, 6) is 0. The number of hydrogen-bond acceptors (Lipinski definition) is 4. The standard InChI is InChI=1S/C55H37NO.C55H37NS/c2*1-5-18-38(19-6-1)40-34-41(39-20-7-2-8-21-39)36-45(35-40)56(43-24-11-4-12-25-43)44-32-33-53-49(37-44)48-28-17-31-52(54(48)57-53)55(42-22-9-3-10-23-42)50-29-15-13-26-46(50)47-27-14-16-30-51(47)55/h2*1-37H. The average molecular weight is 1470 g/mol. The molecule has 22 rings (SSSR count). The Kier molecular flexibility index (Phi) is 16.9. The van der Waals surface area contributed by atoms with E-state index in [-0.39, 0.29) is 0 Å². The van der Waals surface area contributed by atoms with E-state index < -0.39 is 10.8 Å². The fourth-order valence-electron chi connectivity index (χ4n) is 18.5. The SMILES string of the molecule is c1ccc(-c2cc(-c3ccccc3)cc(N(c3ccccc3)c3ccc4oc5c(C6(c7ccccc7)c7ccccc7-c7ccccc76)cccc5c4c3)c2)cc1.c1ccc(-c2cc(-c3ccccc3)cc(N(c3ccccc3)c3ccc4sc5c(C6(c7ccccc7)c7ccccc7-c7ccccc76)cccc5c4c3)c2)cc1. The molecule has 3 nitrogen and oxygen atoms in total. The number of nitrogens with zero attached hydrogens (tertiary/aromatic N) is 2. The lowest BCUT2D eigenvalue weighted by molar-refractivity contribution is 0.648. The second-order valence-corrected chi connectivity index (χ2v) is 30.7. The van der Waals surface area contributed by atoms with Gasteiger partial charge in [0.15, 0.2) is 0 Å². The molecule has 2 aromatic heterocycles. The van der Waals surface area contributed by atoms with Gasteiger partial charge in [-0.05, 0) is 203 Å². The van der Waals surface area contributed by atoms with Crippen LogP contribution in [0.3, 0.4) is 0 Å². The Morgan fingerprint density at radius 2 is 0.526 bits per heavy atom. The maximum atomic E-state index is 7.05. The summed E-state index contributed by atoms with van der Waals surface area (Å²) in [6, 6.07) is 163. The molecule has 0 atom stereocenters. The van der Waals surface area contributed by atoms with Crippen molar-refractivity contribution >= 4 is 87.6 Å². The molecule has 0 radical (unpaired) electrons. The predicted octanol–water partition coefficient (Wildman–Crippen LogP) is 30.0. The van der Waals surface area contributed by atoms with Gasteiger partial charge in [0, 0.05) is 70.6 Å². The molecule has 0 unspecified atom stereocenters. The quantitative estimate of drug-likeness (QED) is 0.108. The summed E-state index contributed by atoms with van der Waals surface area (Å²) < 4.78 is 9.65. The third kappa shape index (κ3) is 11.3. The van der Waals surface area contributed by atoms with Crippen LogP contribution in [0.2, 0.25) is 0 Å². The Hall–Kier alpha value is -14.4. The first-order valence-corrected chi connectivity index (χ1v) is 40.0. The molecule has 2 aliphatic rings. The van der Waals surface area contributed by atoms with Crippen LogP contribution in [0.5, 0.6) is 0 Å². The molecule has 114 heavy (non-hydrogen) atoms. The summed E-state index contributed by atoms with van der Waals surface area (Å²) in [5.41, 5.74) is 32.1. The van der Waals surface area contributed by atoms with Crippen LogP contribution in [0.25, 0.3) is 109 Å². The molecule has 0 saturated heterocycles. The smallest absolute Gasteiger partial charge is 0.140 e. The van der Waals surface area contributed by atoms with Crippen molar-refractivity contribution in [2.24, 2.45) is 0 Å². The van der Waals surface area contributed by atoms with Gasteiger partial charge in [0.2, 0.25) is 0 Å². The molecule has 0 aliphatic heterocycles. The van der Waals surface area contributed by atoms with Crippen molar-refractivity contribution in [2.45, 2.75) is 10.8 Å². The van der Waals surface area contributed by atoms with Crippen LogP contribution in [0.4, 0.5) is 34.1 Å². The minimum atomic E-state index is -0.563. The zero-order valence-electron chi connectivity index (χ0n) is 62.4. The highest BCUT2D eigenvalue weighted by molar-refractivity contribution is 7.26. The largest absolute Gasteiger partial charge is 0.456 e. The fraction of sp³-hybridized carbons (Fsp3) is 0.0182. The highest BCUT2D eigenvalue weighted by Crippen LogP contribution is 2.61. The Balaban J connectivity index is 0.000000143. The monoisotopic (exact) mass is 1470 g/mol. The van der Waals surface area contributed by atoms with Crippen LogP contribution in [-0.4, -0.2) is 0 Å². The zero-order chi connectivity index (χ0) is 75.5. The third-order valence-electron chi connectivity index (χ3n) is 23.4. The third-order valence-corrected chi connectivity index (χ3v) is 24.6. The molecule has 2 aliphatic carbocycles. The average Bonchev–Trinajstić information content (AvgIpc) is 1.53. The lowest BCUT2D eigenvalue weighted by Gasteiger charge is -2.34. The normalized spacial score (nSPS) is 12.7. The molecule has 0 fully saturated rings. The second-order valence-electron chi connectivity index (χ2n) is 29.7. The maximum absolute atomic E-state index is 7.05. The molecule has 2 heterocycles. The van der Waals surface area contributed by atoms with Gasteiger partial charge >= 0.3 is 0 Å². The van der Waals surface area contributed by atoms with Crippen LogP contribution in [-0.2, 0) is 10.8 Å². The molecule has 0 spiro atoms. The number of para-hydroxylation sites is 3. The first kappa shape index (κ1) is 67.7. The van der Waals surface area contributed by atoms with Crippen molar-refractivity contribution in [2.75, 3.05) is 9.80 Å². The topological polar surface area (TPSA) is 19.6 Å². The number of anilines is 6. The van der Waals surface area contributed by atoms with Crippen molar-refractivity contribution in [3.8, 4) is 66.8 Å². The van der Waals surface area contributed by atoms with Gasteiger partial charge < -0.3 is 14.2 Å². The Labute approximate surface area is 668 Å². The first-order valence-electron chi connectivity index (χ1n) is 39.2. The van der Waals surface area contributed by atoms with Gasteiger partial charge in [0.1, 0.15) is 11.2 Å². The van der Waals surface area contributed by atoms with E-state index in [1.54, 1.807) is 0 Å². The van der Waals surface area contributed by atoms with E-state index >= 15 is 0 Å². The van der Waals surface area contributed by atoms with Crippen molar-refractivity contribution in [3.05, 3.63) is 493 Å². The lowest BCUT2D eigenvalue weighted by Crippen LogP contribution is -2.28. The summed E-state index contributed by atoms with van der Waals surface area (Å²) in [5, 5.41) is 4.72. The van der Waals surface area contributed by atoms with E-state index in [1.165, 1.54) is 115 Å². The van der Waals surface area contributed by atoms with Gasteiger partial charge in [-0.25, -0.2) is 0 Å². The lowest BCUT2D eigenvalue weighted by atomic mass is 9.67.